The van der Waals surface area contributed by atoms with E-state index < -0.39 is 5.54 Å². The number of amides is 2. The summed E-state index contributed by atoms with van der Waals surface area (Å²) in [5.41, 5.74) is 0.0173. The smallest absolute Gasteiger partial charge is 0.245 e. The Kier molecular flexibility index (Phi) is 6.51. The third-order valence-electron chi connectivity index (χ3n) is 5.04. The molecule has 0 aliphatic carbocycles. The molecule has 0 unspecified atom stereocenters. The van der Waals surface area contributed by atoms with Gasteiger partial charge in [0.2, 0.25) is 11.8 Å². The number of hydrogen-bond acceptors (Lipinski definition) is 4. The summed E-state index contributed by atoms with van der Waals surface area (Å²) in [6, 6.07) is 5.49. The van der Waals surface area contributed by atoms with Crippen LogP contribution in [0.15, 0.2) is 18.2 Å². The van der Waals surface area contributed by atoms with Crippen LogP contribution in [0.4, 0.5) is 0 Å². The molecule has 1 atom stereocenters. The molecule has 0 aromatic heterocycles. The molecule has 144 valence electrons. The van der Waals surface area contributed by atoms with Crippen molar-refractivity contribution >= 4 is 11.8 Å². The highest BCUT2D eigenvalue weighted by Crippen LogP contribution is 2.34. The van der Waals surface area contributed by atoms with Gasteiger partial charge in [-0.25, -0.2) is 0 Å². The van der Waals surface area contributed by atoms with Crippen LogP contribution >= 0.6 is 0 Å². The summed E-state index contributed by atoms with van der Waals surface area (Å²) in [7, 11) is 3.18. The van der Waals surface area contributed by atoms with Crippen LogP contribution in [0.5, 0.6) is 11.5 Å². The van der Waals surface area contributed by atoms with Crippen LogP contribution < -0.4 is 14.8 Å². The Balaban J connectivity index is 2.18. The van der Waals surface area contributed by atoms with Crippen molar-refractivity contribution in [2.24, 2.45) is 5.92 Å². The first-order chi connectivity index (χ1) is 12.3. The summed E-state index contributed by atoms with van der Waals surface area (Å²) >= 11 is 0. The highest BCUT2D eigenvalue weighted by molar-refractivity contribution is 5.94. The third-order valence-corrected chi connectivity index (χ3v) is 5.04. The Morgan fingerprint density at radius 2 is 2.04 bits per heavy atom. The van der Waals surface area contributed by atoms with Gasteiger partial charge in [0.05, 0.1) is 20.8 Å². The summed E-state index contributed by atoms with van der Waals surface area (Å²) in [6.45, 7) is 7.04. The topological polar surface area (TPSA) is 67.9 Å². The normalized spacial score (nSPS) is 19.8. The van der Waals surface area contributed by atoms with Crippen LogP contribution in [0.1, 0.15) is 45.6 Å². The molecule has 0 spiro atoms. The Hall–Kier alpha value is -2.24. The minimum absolute atomic E-state index is 0.00983. The summed E-state index contributed by atoms with van der Waals surface area (Å²) in [4.78, 5) is 26.9. The summed E-state index contributed by atoms with van der Waals surface area (Å²) in [6.07, 6.45) is 1.83. The van der Waals surface area contributed by atoms with Crippen LogP contribution in [0, 0.1) is 5.92 Å². The van der Waals surface area contributed by atoms with E-state index in [1.807, 2.05) is 19.1 Å². The standard InChI is InChI=1S/C20H30N2O4/c1-14(2)9-11-21-19(24)20(3)10-8-18(23)22(20)13-15-6-7-16(25-4)12-17(15)26-5/h6-7,12,14H,8-11,13H2,1-5H3,(H,21,24)/t20-/m0/s1. The van der Waals surface area contributed by atoms with Gasteiger partial charge in [-0.15, -0.1) is 0 Å². The van der Waals surface area contributed by atoms with E-state index in [-0.39, 0.29) is 11.8 Å². The second-order valence-corrected chi connectivity index (χ2v) is 7.37. The molecular weight excluding hydrogens is 332 g/mol. The predicted molar refractivity (Wildman–Crippen MR) is 100 cm³/mol. The van der Waals surface area contributed by atoms with Gasteiger partial charge in [0.25, 0.3) is 0 Å². The molecule has 2 rings (SSSR count). The van der Waals surface area contributed by atoms with Crippen LogP contribution in [-0.2, 0) is 16.1 Å². The number of rotatable bonds is 8. The maximum Gasteiger partial charge on any atom is 0.245 e. The molecule has 1 aliphatic heterocycles. The quantitative estimate of drug-likeness (QED) is 0.772. The second kappa shape index (κ2) is 8.43. The van der Waals surface area contributed by atoms with Crippen LogP contribution in [0.3, 0.4) is 0 Å². The molecule has 1 N–H and O–H groups in total. The van der Waals surface area contributed by atoms with E-state index in [0.29, 0.717) is 43.3 Å². The highest BCUT2D eigenvalue weighted by Gasteiger charge is 2.47. The number of nitrogens with zero attached hydrogens (tertiary/aromatic N) is 1. The lowest BCUT2D eigenvalue weighted by Gasteiger charge is -2.34. The van der Waals surface area contributed by atoms with Gasteiger partial charge in [0.1, 0.15) is 17.0 Å². The molecular formula is C20H30N2O4. The summed E-state index contributed by atoms with van der Waals surface area (Å²) in [5.74, 6) is 1.76. The number of methoxy groups -OCH3 is 2. The SMILES string of the molecule is COc1ccc(CN2C(=O)CC[C@@]2(C)C(=O)NCCC(C)C)c(OC)c1. The monoisotopic (exact) mass is 362 g/mol. The van der Waals surface area contributed by atoms with Crippen molar-refractivity contribution in [3.63, 3.8) is 0 Å². The first kappa shape index (κ1) is 20.1. The lowest BCUT2D eigenvalue weighted by molar-refractivity contribution is -0.141. The fourth-order valence-electron chi connectivity index (χ4n) is 3.21. The van der Waals surface area contributed by atoms with E-state index in [1.165, 1.54) is 0 Å². The van der Waals surface area contributed by atoms with Gasteiger partial charge in [-0.3, -0.25) is 9.59 Å². The summed E-state index contributed by atoms with van der Waals surface area (Å²) < 4.78 is 10.7. The lowest BCUT2D eigenvalue weighted by atomic mass is 9.96. The number of likely N-dealkylation sites (tertiary alicyclic amines) is 1. The second-order valence-electron chi connectivity index (χ2n) is 7.37. The van der Waals surface area contributed by atoms with Gasteiger partial charge in [0, 0.05) is 24.6 Å². The van der Waals surface area contributed by atoms with E-state index in [4.69, 9.17) is 9.47 Å². The zero-order chi connectivity index (χ0) is 19.3. The van der Waals surface area contributed by atoms with Gasteiger partial charge in [-0.2, -0.15) is 0 Å². The minimum atomic E-state index is -0.834. The molecule has 6 nitrogen and oxygen atoms in total. The Morgan fingerprint density at radius 3 is 2.65 bits per heavy atom. The van der Waals surface area contributed by atoms with Gasteiger partial charge in [-0.1, -0.05) is 13.8 Å². The van der Waals surface area contributed by atoms with Crippen LogP contribution in [0.25, 0.3) is 0 Å². The fraction of sp³-hybridized carbons (Fsp3) is 0.600. The molecule has 26 heavy (non-hydrogen) atoms. The number of carbonyl (C=O) groups excluding carboxylic acids is 2. The van der Waals surface area contributed by atoms with E-state index in [1.54, 1.807) is 25.2 Å². The minimum Gasteiger partial charge on any atom is -0.497 e. The summed E-state index contributed by atoms with van der Waals surface area (Å²) in [5, 5.41) is 3.00. The molecule has 2 amide bonds. The van der Waals surface area contributed by atoms with Crippen molar-refractivity contribution < 1.29 is 19.1 Å². The highest BCUT2D eigenvalue weighted by atomic mass is 16.5. The van der Waals surface area contributed by atoms with Crippen molar-refractivity contribution in [3.8, 4) is 11.5 Å². The molecule has 1 aromatic carbocycles. The van der Waals surface area contributed by atoms with E-state index >= 15 is 0 Å². The number of benzene rings is 1. The van der Waals surface area contributed by atoms with E-state index in [2.05, 4.69) is 19.2 Å². The van der Waals surface area contributed by atoms with Gasteiger partial charge in [-0.05, 0) is 37.8 Å². The van der Waals surface area contributed by atoms with E-state index in [0.717, 1.165) is 12.0 Å². The molecule has 6 heteroatoms. The molecule has 1 heterocycles. The third kappa shape index (κ3) is 4.29. The zero-order valence-corrected chi connectivity index (χ0v) is 16.4. The molecule has 1 fully saturated rings. The number of ether oxygens (including phenoxy) is 2. The first-order valence-corrected chi connectivity index (χ1v) is 9.11. The number of nitrogens with one attached hydrogen (secondary N) is 1. The molecule has 0 bridgehead atoms. The molecule has 1 aliphatic rings. The predicted octanol–water partition coefficient (Wildman–Crippen LogP) is 2.75. The largest absolute Gasteiger partial charge is 0.497 e. The number of hydrogen-bond donors (Lipinski definition) is 1. The lowest BCUT2D eigenvalue weighted by Crippen LogP contribution is -2.54. The molecule has 0 saturated carbocycles. The van der Waals surface area contributed by atoms with Crippen molar-refractivity contribution in [1.82, 2.24) is 10.2 Å². The van der Waals surface area contributed by atoms with Gasteiger partial charge >= 0.3 is 0 Å². The fourth-order valence-corrected chi connectivity index (χ4v) is 3.21. The maximum absolute atomic E-state index is 12.8. The van der Waals surface area contributed by atoms with Gasteiger partial charge < -0.3 is 19.7 Å². The first-order valence-electron chi connectivity index (χ1n) is 9.11. The Morgan fingerprint density at radius 1 is 1.31 bits per heavy atom. The van der Waals surface area contributed by atoms with Crippen molar-refractivity contribution in [1.29, 1.82) is 0 Å². The van der Waals surface area contributed by atoms with Crippen molar-refractivity contribution in [2.75, 3.05) is 20.8 Å². The average molecular weight is 362 g/mol. The van der Waals surface area contributed by atoms with Crippen LogP contribution in [-0.4, -0.2) is 43.0 Å². The van der Waals surface area contributed by atoms with Gasteiger partial charge in [0.15, 0.2) is 0 Å². The zero-order valence-electron chi connectivity index (χ0n) is 16.4. The van der Waals surface area contributed by atoms with E-state index in [9.17, 15) is 9.59 Å². The Labute approximate surface area is 155 Å². The average Bonchev–Trinajstić information content (AvgIpc) is 2.91. The van der Waals surface area contributed by atoms with Crippen molar-refractivity contribution in [3.05, 3.63) is 23.8 Å². The Bertz CT molecular complexity index is 659. The molecule has 1 saturated heterocycles. The van der Waals surface area contributed by atoms with Crippen molar-refractivity contribution in [2.45, 2.75) is 52.1 Å². The maximum atomic E-state index is 12.8. The van der Waals surface area contributed by atoms with Crippen LogP contribution in [0.2, 0.25) is 0 Å². The molecule has 1 aromatic rings. The molecule has 0 radical (unpaired) electrons. The number of carbonyl (C=O) groups is 2.